The summed E-state index contributed by atoms with van der Waals surface area (Å²) in [6, 6.07) is -0.657. The summed E-state index contributed by atoms with van der Waals surface area (Å²) in [6.07, 6.45) is 1.17. The molecule has 0 saturated heterocycles. The zero-order valence-electron chi connectivity index (χ0n) is 9.21. The van der Waals surface area contributed by atoms with Gasteiger partial charge < -0.3 is 5.11 Å². The van der Waals surface area contributed by atoms with Crippen LogP contribution < -0.4 is 0 Å². The summed E-state index contributed by atoms with van der Waals surface area (Å²) in [7, 11) is 0. The van der Waals surface area contributed by atoms with Crippen molar-refractivity contribution >= 4 is 5.97 Å². The monoisotopic (exact) mass is 212 g/mol. The van der Waals surface area contributed by atoms with Crippen molar-refractivity contribution in [3.05, 3.63) is 5.82 Å². The molecule has 1 aromatic heterocycles. The molecule has 0 radical (unpaired) electrons. The molecule has 1 N–H and O–H groups in total. The molecular weight excluding hydrogens is 196 g/mol. The highest BCUT2D eigenvalue weighted by atomic mass is 16.4. The third-order valence-corrected chi connectivity index (χ3v) is 2.15. The van der Waals surface area contributed by atoms with Gasteiger partial charge in [0.15, 0.2) is 11.9 Å². The lowest BCUT2D eigenvalue weighted by molar-refractivity contribution is -0.141. The van der Waals surface area contributed by atoms with E-state index in [4.69, 9.17) is 5.11 Å². The molecule has 0 amide bonds. The Balaban J connectivity index is 2.93. The average Bonchev–Trinajstić information content (AvgIpc) is 2.60. The van der Waals surface area contributed by atoms with Crippen LogP contribution in [0, 0.1) is 5.92 Å². The summed E-state index contributed by atoms with van der Waals surface area (Å²) in [6.45, 7) is 5.86. The fourth-order valence-corrected chi connectivity index (χ4v) is 1.44. The van der Waals surface area contributed by atoms with E-state index < -0.39 is 12.0 Å². The maximum Gasteiger partial charge on any atom is 0.328 e. The zero-order chi connectivity index (χ0) is 11.4. The minimum atomic E-state index is -0.884. The van der Waals surface area contributed by atoms with E-state index in [1.54, 1.807) is 0 Å². The van der Waals surface area contributed by atoms with Gasteiger partial charge in [0.1, 0.15) is 0 Å². The molecule has 1 rings (SSSR count). The van der Waals surface area contributed by atoms with Crippen LogP contribution in [-0.4, -0.2) is 31.3 Å². The molecule has 0 aliphatic rings. The first-order valence-corrected chi connectivity index (χ1v) is 5.05. The van der Waals surface area contributed by atoms with E-state index in [-0.39, 0.29) is 0 Å². The Morgan fingerprint density at radius 2 is 2.20 bits per heavy atom. The number of hydrogen-bond acceptors (Lipinski definition) is 4. The summed E-state index contributed by atoms with van der Waals surface area (Å²) in [5.74, 6) is 0.0220. The van der Waals surface area contributed by atoms with Gasteiger partial charge in [-0.3, -0.25) is 0 Å². The Morgan fingerprint density at radius 3 is 2.67 bits per heavy atom. The largest absolute Gasteiger partial charge is 0.480 e. The molecule has 0 fully saturated rings. The third-order valence-electron chi connectivity index (χ3n) is 2.15. The molecule has 0 bridgehead atoms. The molecule has 0 spiro atoms. The standard InChI is InChI=1S/C9H16N4O2/c1-4-8-10-11-12-13(8)7(9(14)15)5-6(2)3/h6-7H,4-5H2,1-3H3,(H,14,15). The Bertz CT molecular complexity index is 335. The van der Waals surface area contributed by atoms with Gasteiger partial charge >= 0.3 is 5.97 Å². The van der Waals surface area contributed by atoms with Crippen molar-refractivity contribution in [3.63, 3.8) is 0 Å². The van der Waals surface area contributed by atoms with Crippen molar-refractivity contribution in [1.29, 1.82) is 0 Å². The Morgan fingerprint density at radius 1 is 1.53 bits per heavy atom. The number of nitrogens with zero attached hydrogens (tertiary/aromatic N) is 4. The third kappa shape index (κ3) is 2.74. The summed E-state index contributed by atoms with van der Waals surface area (Å²) < 4.78 is 1.41. The van der Waals surface area contributed by atoms with Crippen LogP contribution in [0.15, 0.2) is 0 Å². The second-order valence-electron chi connectivity index (χ2n) is 3.88. The zero-order valence-corrected chi connectivity index (χ0v) is 9.21. The van der Waals surface area contributed by atoms with Crippen LogP contribution >= 0.6 is 0 Å². The second kappa shape index (κ2) is 4.86. The number of carboxylic acids is 1. The number of rotatable bonds is 5. The van der Waals surface area contributed by atoms with Crippen LogP contribution in [0.3, 0.4) is 0 Å². The molecule has 15 heavy (non-hydrogen) atoms. The van der Waals surface area contributed by atoms with Crippen molar-refractivity contribution in [3.8, 4) is 0 Å². The summed E-state index contributed by atoms with van der Waals surface area (Å²) >= 11 is 0. The average molecular weight is 212 g/mol. The lowest BCUT2D eigenvalue weighted by Gasteiger charge is -2.15. The highest BCUT2D eigenvalue weighted by Gasteiger charge is 2.24. The van der Waals surface area contributed by atoms with Gasteiger partial charge in [-0.25, -0.2) is 9.48 Å². The summed E-state index contributed by atoms with van der Waals surface area (Å²) in [5.41, 5.74) is 0. The minimum Gasteiger partial charge on any atom is -0.480 e. The van der Waals surface area contributed by atoms with E-state index in [1.165, 1.54) is 4.68 Å². The highest BCUT2D eigenvalue weighted by molar-refractivity contribution is 5.71. The first-order chi connectivity index (χ1) is 7.06. The van der Waals surface area contributed by atoms with Crippen molar-refractivity contribution in [2.45, 2.75) is 39.7 Å². The van der Waals surface area contributed by atoms with Gasteiger partial charge in [0, 0.05) is 6.42 Å². The fraction of sp³-hybridized carbons (Fsp3) is 0.778. The van der Waals surface area contributed by atoms with Crippen LogP contribution in [0.1, 0.15) is 39.1 Å². The molecule has 0 saturated carbocycles. The van der Waals surface area contributed by atoms with Crippen molar-refractivity contribution in [2.75, 3.05) is 0 Å². The molecular formula is C9H16N4O2. The Hall–Kier alpha value is -1.46. The van der Waals surface area contributed by atoms with Gasteiger partial charge in [0.2, 0.25) is 0 Å². The van der Waals surface area contributed by atoms with Gasteiger partial charge in [-0.2, -0.15) is 0 Å². The normalized spacial score (nSPS) is 13.1. The molecule has 1 aromatic rings. The van der Waals surface area contributed by atoms with Gasteiger partial charge in [-0.05, 0) is 22.8 Å². The molecule has 0 aliphatic carbocycles. The predicted molar refractivity (Wildman–Crippen MR) is 53.3 cm³/mol. The van der Waals surface area contributed by atoms with E-state index in [0.29, 0.717) is 24.6 Å². The predicted octanol–water partition coefficient (Wildman–Crippen LogP) is 0.907. The molecule has 84 valence electrons. The first-order valence-electron chi connectivity index (χ1n) is 5.05. The number of aryl methyl sites for hydroxylation is 1. The minimum absolute atomic E-state index is 0.292. The van der Waals surface area contributed by atoms with E-state index in [1.807, 2.05) is 20.8 Å². The molecule has 1 unspecified atom stereocenters. The lowest BCUT2D eigenvalue weighted by atomic mass is 10.0. The molecule has 1 heterocycles. The molecule has 6 nitrogen and oxygen atoms in total. The number of carbonyl (C=O) groups is 1. The van der Waals surface area contributed by atoms with Gasteiger partial charge in [0.05, 0.1) is 0 Å². The quantitative estimate of drug-likeness (QED) is 0.784. The van der Waals surface area contributed by atoms with Crippen molar-refractivity contribution < 1.29 is 9.90 Å². The SMILES string of the molecule is CCc1nnnn1C(CC(C)C)C(=O)O. The van der Waals surface area contributed by atoms with E-state index in [9.17, 15) is 4.79 Å². The maximum atomic E-state index is 11.1. The van der Waals surface area contributed by atoms with E-state index in [2.05, 4.69) is 15.5 Å². The number of aliphatic carboxylic acids is 1. The lowest BCUT2D eigenvalue weighted by Crippen LogP contribution is -2.23. The summed E-state index contributed by atoms with van der Waals surface area (Å²) in [5, 5.41) is 20.1. The van der Waals surface area contributed by atoms with Gasteiger partial charge in [-0.1, -0.05) is 20.8 Å². The maximum absolute atomic E-state index is 11.1. The second-order valence-corrected chi connectivity index (χ2v) is 3.88. The van der Waals surface area contributed by atoms with Crippen LogP contribution in [-0.2, 0) is 11.2 Å². The number of carboxylic acid groups (broad SMARTS) is 1. The highest BCUT2D eigenvalue weighted by Crippen LogP contribution is 2.17. The van der Waals surface area contributed by atoms with Crippen molar-refractivity contribution in [2.24, 2.45) is 5.92 Å². The van der Waals surface area contributed by atoms with Gasteiger partial charge in [0.25, 0.3) is 0 Å². The number of aromatic nitrogens is 4. The first kappa shape index (κ1) is 11.6. The number of hydrogen-bond donors (Lipinski definition) is 1. The Labute approximate surface area is 88.3 Å². The van der Waals surface area contributed by atoms with Crippen LogP contribution in [0.2, 0.25) is 0 Å². The number of tetrazole rings is 1. The smallest absolute Gasteiger partial charge is 0.328 e. The molecule has 0 aromatic carbocycles. The molecule has 0 aliphatic heterocycles. The van der Waals surface area contributed by atoms with E-state index >= 15 is 0 Å². The van der Waals surface area contributed by atoms with Crippen LogP contribution in [0.5, 0.6) is 0 Å². The fourth-order valence-electron chi connectivity index (χ4n) is 1.44. The topological polar surface area (TPSA) is 80.9 Å². The molecule has 1 atom stereocenters. The van der Waals surface area contributed by atoms with Crippen molar-refractivity contribution in [1.82, 2.24) is 20.2 Å². The summed E-state index contributed by atoms with van der Waals surface area (Å²) in [4.78, 5) is 11.1. The van der Waals surface area contributed by atoms with Crippen LogP contribution in [0.25, 0.3) is 0 Å². The van der Waals surface area contributed by atoms with E-state index in [0.717, 1.165) is 0 Å². The van der Waals surface area contributed by atoms with Crippen LogP contribution in [0.4, 0.5) is 0 Å². The Kier molecular flexibility index (Phi) is 3.76. The molecule has 6 heteroatoms. The van der Waals surface area contributed by atoms with Gasteiger partial charge in [-0.15, -0.1) is 5.10 Å².